The summed E-state index contributed by atoms with van der Waals surface area (Å²) in [5.74, 6) is -0.205. The summed E-state index contributed by atoms with van der Waals surface area (Å²) in [6.07, 6.45) is 4.64. The molecule has 2 aromatic rings. The summed E-state index contributed by atoms with van der Waals surface area (Å²) in [6.45, 7) is 2.19. The molecule has 0 radical (unpaired) electrons. The van der Waals surface area contributed by atoms with Gasteiger partial charge in [-0.1, -0.05) is 10.2 Å². The Bertz CT molecular complexity index is 664. The normalized spacial score (nSPS) is 11.1. The first-order chi connectivity index (χ1) is 12.7. The quantitative estimate of drug-likeness (QED) is 0.269. The maximum absolute atomic E-state index is 11.8. The van der Waals surface area contributed by atoms with E-state index in [4.69, 9.17) is 14.2 Å². The van der Waals surface area contributed by atoms with Gasteiger partial charge in [0.15, 0.2) is 0 Å². The van der Waals surface area contributed by atoms with Crippen molar-refractivity contribution in [3.63, 3.8) is 0 Å². The molecule has 0 aromatic carbocycles. The third kappa shape index (κ3) is 6.82. The van der Waals surface area contributed by atoms with Crippen LogP contribution in [0.3, 0.4) is 0 Å². The number of nitrogens with zero attached hydrogens (tertiary/aromatic N) is 6. The van der Waals surface area contributed by atoms with Crippen LogP contribution < -0.4 is 0 Å². The molecule has 2 rings (SSSR count). The molecule has 2 heterocycles. The molecule has 2 aromatic heterocycles. The lowest BCUT2D eigenvalue weighted by atomic mass is 10.5. The maximum Gasteiger partial charge on any atom is 0.434 e. The zero-order chi connectivity index (χ0) is 18.6. The van der Waals surface area contributed by atoms with Crippen LogP contribution in [-0.2, 0) is 33.9 Å². The Balaban J connectivity index is 1.59. The standard InChI is InChI=1S/C14H21FN6O5/c15-1-6-24-7-8-25-9-10-26-12-13-11-20(18-17-13)5-4-19-3-2-16-14(19)21(22)23/h2-3,11H,1,4-10,12H2/i15-1. The fourth-order valence-electron chi connectivity index (χ4n) is 2.04. The van der Waals surface area contributed by atoms with Crippen molar-refractivity contribution in [2.24, 2.45) is 0 Å². The Hall–Kier alpha value is -2.44. The molecular weight excluding hydrogens is 350 g/mol. The van der Waals surface area contributed by atoms with Crippen molar-refractivity contribution in [3.8, 4) is 0 Å². The number of alkyl halides is 1. The molecule has 26 heavy (non-hydrogen) atoms. The summed E-state index contributed by atoms with van der Waals surface area (Å²) < 4.78 is 30.4. The van der Waals surface area contributed by atoms with Crippen molar-refractivity contribution in [1.82, 2.24) is 24.5 Å². The molecule has 12 heteroatoms. The lowest BCUT2D eigenvalue weighted by molar-refractivity contribution is -0.396. The summed E-state index contributed by atoms with van der Waals surface area (Å²) in [5.41, 5.74) is 0.649. The first-order valence-electron chi connectivity index (χ1n) is 8.04. The van der Waals surface area contributed by atoms with Crippen LogP contribution in [0.25, 0.3) is 0 Å². The monoisotopic (exact) mass is 371 g/mol. The predicted octanol–water partition coefficient (Wildman–Crippen LogP) is 0.602. The highest BCUT2D eigenvalue weighted by Gasteiger charge is 2.13. The first kappa shape index (κ1) is 19.9. The predicted molar refractivity (Wildman–Crippen MR) is 86.2 cm³/mol. The van der Waals surface area contributed by atoms with Gasteiger partial charge in [0, 0.05) is 0 Å². The number of aromatic nitrogens is 5. The van der Waals surface area contributed by atoms with E-state index in [2.05, 4.69) is 15.3 Å². The molecule has 0 aliphatic heterocycles. The van der Waals surface area contributed by atoms with Crippen LogP contribution in [0.2, 0.25) is 0 Å². The average Bonchev–Trinajstić information content (AvgIpc) is 3.27. The van der Waals surface area contributed by atoms with E-state index < -0.39 is 11.6 Å². The van der Waals surface area contributed by atoms with Gasteiger partial charge in [-0.15, -0.1) is 5.10 Å². The van der Waals surface area contributed by atoms with Crippen molar-refractivity contribution >= 4 is 5.95 Å². The Morgan fingerprint density at radius 1 is 1.12 bits per heavy atom. The number of hydrogen-bond acceptors (Lipinski definition) is 8. The van der Waals surface area contributed by atoms with E-state index in [1.165, 1.54) is 10.8 Å². The van der Waals surface area contributed by atoms with Crippen LogP contribution in [0.5, 0.6) is 0 Å². The number of nitro groups is 1. The molecule has 0 amide bonds. The summed E-state index contributed by atoms with van der Waals surface area (Å²) in [5, 5.41) is 18.7. The highest BCUT2D eigenvalue weighted by molar-refractivity contribution is 5.06. The lowest BCUT2D eigenvalue weighted by Gasteiger charge is -2.04. The molecule has 0 aliphatic carbocycles. The molecule has 0 unspecified atom stereocenters. The van der Waals surface area contributed by atoms with E-state index in [9.17, 15) is 14.5 Å². The summed E-state index contributed by atoms with van der Waals surface area (Å²) in [6, 6.07) is 0. The maximum atomic E-state index is 11.8. The van der Waals surface area contributed by atoms with Gasteiger partial charge in [0.05, 0.1) is 58.9 Å². The van der Waals surface area contributed by atoms with Crippen LogP contribution in [0.1, 0.15) is 5.69 Å². The molecule has 0 spiro atoms. The van der Waals surface area contributed by atoms with Crippen molar-refractivity contribution in [2.45, 2.75) is 19.7 Å². The molecule has 0 N–H and O–H groups in total. The third-order valence-electron chi connectivity index (χ3n) is 3.23. The van der Waals surface area contributed by atoms with E-state index in [1.54, 1.807) is 17.1 Å². The number of hydrogen-bond donors (Lipinski definition) is 0. The second kappa shape index (κ2) is 11.2. The number of ether oxygens (including phenoxy) is 3. The fraction of sp³-hybridized carbons (Fsp3) is 0.643. The number of halogens is 1. The van der Waals surface area contributed by atoms with Crippen molar-refractivity contribution < 1.29 is 23.5 Å². The summed E-state index contributed by atoms with van der Waals surface area (Å²) in [7, 11) is 0. The van der Waals surface area contributed by atoms with Crippen LogP contribution in [0.15, 0.2) is 18.6 Å². The Morgan fingerprint density at radius 2 is 1.85 bits per heavy atom. The molecular formula is C14H21FN6O5. The Labute approximate surface area is 148 Å². The van der Waals surface area contributed by atoms with Crippen LogP contribution in [-0.4, -0.2) is 69.2 Å². The molecule has 144 valence electrons. The van der Waals surface area contributed by atoms with Gasteiger partial charge in [0.25, 0.3) is 0 Å². The van der Waals surface area contributed by atoms with E-state index in [-0.39, 0.29) is 19.2 Å². The number of aryl methyl sites for hydroxylation is 2. The van der Waals surface area contributed by atoms with Gasteiger partial charge in [-0.25, -0.2) is 13.6 Å². The highest BCUT2D eigenvalue weighted by atomic mass is 18.2. The molecule has 0 saturated carbocycles. The highest BCUT2D eigenvalue weighted by Crippen LogP contribution is 2.07. The van der Waals surface area contributed by atoms with Gasteiger partial charge in [-0.05, 0) is 4.92 Å². The molecule has 0 saturated heterocycles. The Kier molecular flexibility index (Phi) is 8.59. The summed E-state index contributed by atoms with van der Waals surface area (Å²) in [4.78, 5) is 13.9. The minimum absolute atomic E-state index is 0.0870. The van der Waals surface area contributed by atoms with Gasteiger partial charge in [-0.3, -0.25) is 0 Å². The molecule has 0 bridgehead atoms. The van der Waals surface area contributed by atoms with Crippen molar-refractivity contribution in [2.75, 3.05) is 39.7 Å². The zero-order valence-electron chi connectivity index (χ0n) is 14.2. The molecule has 0 atom stereocenters. The van der Waals surface area contributed by atoms with Crippen LogP contribution >= 0.6 is 0 Å². The van der Waals surface area contributed by atoms with Crippen LogP contribution in [0.4, 0.5) is 10.3 Å². The van der Waals surface area contributed by atoms with Gasteiger partial charge < -0.3 is 24.3 Å². The van der Waals surface area contributed by atoms with E-state index in [0.717, 1.165) is 0 Å². The first-order valence-corrected chi connectivity index (χ1v) is 8.04. The minimum Gasteiger partial charge on any atom is -0.390 e. The topological polar surface area (TPSA) is 119 Å². The van der Waals surface area contributed by atoms with Crippen molar-refractivity contribution in [1.29, 1.82) is 0 Å². The second-order valence-electron chi connectivity index (χ2n) is 5.12. The number of rotatable bonds is 14. The van der Waals surface area contributed by atoms with Gasteiger partial charge >= 0.3 is 5.95 Å². The lowest BCUT2D eigenvalue weighted by Crippen LogP contribution is -2.10. The second-order valence-corrected chi connectivity index (χ2v) is 5.12. The van der Waals surface area contributed by atoms with Gasteiger partial charge in [0.2, 0.25) is 0 Å². The summed E-state index contributed by atoms with van der Waals surface area (Å²) >= 11 is 0. The average molecular weight is 371 g/mol. The molecule has 0 fully saturated rings. The van der Waals surface area contributed by atoms with E-state index >= 15 is 0 Å². The smallest absolute Gasteiger partial charge is 0.390 e. The van der Waals surface area contributed by atoms with E-state index in [1.807, 2.05) is 0 Å². The fourth-order valence-corrected chi connectivity index (χ4v) is 2.04. The Morgan fingerprint density at radius 3 is 2.58 bits per heavy atom. The SMILES string of the molecule is O=[N+]([O-])c1nccn1CCn1cc(COCCOCCOCC[18F])nn1. The number of imidazole rings is 1. The zero-order valence-corrected chi connectivity index (χ0v) is 14.2. The minimum atomic E-state index is -0.532. The largest absolute Gasteiger partial charge is 0.434 e. The third-order valence-corrected chi connectivity index (χ3v) is 3.23. The van der Waals surface area contributed by atoms with Crippen LogP contribution in [0, 0.1) is 10.1 Å². The van der Waals surface area contributed by atoms with Crippen molar-refractivity contribution in [3.05, 3.63) is 34.4 Å². The molecule has 0 aliphatic rings. The van der Waals surface area contributed by atoms with E-state index in [0.29, 0.717) is 45.2 Å². The molecule has 11 nitrogen and oxygen atoms in total. The van der Waals surface area contributed by atoms with Gasteiger partial charge in [0.1, 0.15) is 24.8 Å². The van der Waals surface area contributed by atoms with Gasteiger partial charge in [-0.2, -0.15) is 0 Å².